The van der Waals surface area contributed by atoms with Crippen molar-refractivity contribution >= 4 is 22.8 Å². The van der Waals surface area contributed by atoms with Crippen molar-refractivity contribution < 1.29 is 32.0 Å². The third-order valence-corrected chi connectivity index (χ3v) is 7.08. The van der Waals surface area contributed by atoms with E-state index in [9.17, 15) is 18.0 Å². The molecule has 0 saturated carbocycles. The van der Waals surface area contributed by atoms with Gasteiger partial charge in [0.15, 0.2) is 17.2 Å². The lowest BCUT2D eigenvalue weighted by molar-refractivity contribution is -0.185. The molecule has 0 fully saturated rings. The van der Waals surface area contributed by atoms with Crippen LogP contribution in [0, 0.1) is 0 Å². The quantitative estimate of drug-likeness (QED) is 0.196. The van der Waals surface area contributed by atoms with Gasteiger partial charge in [0.2, 0.25) is 11.8 Å². The summed E-state index contributed by atoms with van der Waals surface area (Å²) in [5.41, 5.74) is 1.90. The van der Waals surface area contributed by atoms with E-state index in [2.05, 4.69) is 20.6 Å². The van der Waals surface area contributed by atoms with Crippen LogP contribution in [0.15, 0.2) is 71.4 Å². The van der Waals surface area contributed by atoms with Crippen LogP contribution in [0.3, 0.4) is 0 Å². The van der Waals surface area contributed by atoms with Gasteiger partial charge in [-0.1, -0.05) is 41.6 Å². The maximum Gasteiger partial charge on any atom is 0.401 e. The van der Waals surface area contributed by atoms with Gasteiger partial charge in [0.25, 0.3) is 0 Å². The van der Waals surface area contributed by atoms with Crippen LogP contribution in [-0.2, 0) is 23.2 Å². The minimum atomic E-state index is -4.53. The maximum atomic E-state index is 13.3. The van der Waals surface area contributed by atoms with Crippen molar-refractivity contribution in [3.8, 4) is 22.8 Å². The van der Waals surface area contributed by atoms with Gasteiger partial charge in [-0.05, 0) is 55.7 Å². The molecule has 0 aliphatic carbocycles. The Kier molecular flexibility index (Phi) is 8.12. The Balaban J connectivity index is 1.29. The van der Waals surface area contributed by atoms with Gasteiger partial charge in [-0.15, -0.1) is 5.10 Å². The second kappa shape index (κ2) is 11.8. The summed E-state index contributed by atoms with van der Waals surface area (Å²) in [6.45, 7) is 4.82. The van der Waals surface area contributed by atoms with E-state index in [-0.39, 0.29) is 18.0 Å². The second-order valence-corrected chi connectivity index (χ2v) is 10.5. The molecule has 0 radical (unpaired) electrons. The number of amides is 1. The number of hydrogen-bond donors (Lipinski definition) is 1. The average molecular weight is 594 g/mol. The highest BCUT2D eigenvalue weighted by atomic mass is 19.4. The number of ether oxygens (including phenoxy) is 2. The number of nitrogens with one attached hydrogen (secondary N) is 1. The normalized spacial score (nSPS) is 12.0. The van der Waals surface area contributed by atoms with Crippen LogP contribution >= 0.6 is 0 Å². The molecule has 0 aliphatic rings. The average Bonchev–Trinajstić information content (AvgIpc) is 3.58. The van der Waals surface area contributed by atoms with Crippen molar-refractivity contribution in [2.75, 3.05) is 19.0 Å². The summed E-state index contributed by atoms with van der Waals surface area (Å²) < 4.78 is 57.5. The van der Waals surface area contributed by atoms with E-state index < -0.39 is 17.5 Å². The molecule has 224 valence electrons. The van der Waals surface area contributed by atoms with Gasteiger partial charge < -0.3 is 19.3 Å². The lowest BCUT2D eigenvalue weighted by Crippen LogP contribution is -2.35. The molecule has 5 rings (SSSR count). The number of carbonyl (C=O) groups excluding carboxylic acids is 1. The van der Waals surface area contributed by atoms with Crippen molar-refractivity contribution in [1.29, 1.82) is 0 Å². The van der Waals surface area contributed by atoms with Gasteiger partial charge >= 0.3 is 6.18 Å². The summed E-state index contributed by atoms with van der Waals surface area (Å²) >= 11 is 0. The standard InChI is InChI=1S/C31H30F3N5O4/c1-5-42-29-24-15-22(17-35-28(24)39(37-29)18-20-8-12-23(41-4)13-9-20)21-10-6-19(7-11-21)14-27(40)36-26-16-25(43-38-26)30(2,3)31(32,33)34/h6-13,15-17H,5,14,18H2,1-4H3,(H,36,38,40). The molecule has 0 aliphatic heterocycles. The van der Waals surface area contributed by atoms with Gasteiger partial charge in [0.05, 0.1) is 32.1 Å². The summed E-state index contributed by atoms with van der Waals surface area (Å²) in [6, 6.07) is 18.1. The number of fused-ring (bicyclic) bond motifs is 1. The molecule has 0 saturated heterocycles. The second-order valence-electron chi connectivity index (χ2n) is 10.5. The Morgan fingerprint density at radius 2 is 1.70 bits per heavy atom. The lowest BCUT2D eigenvalue weighted by atomic mass is 9.89. The first-order chi connectivity index (χ1) is 20.5. The fourth-order valence-electron chi connectivity index (χ4n) is 4.40. The number of hydrogen-bond acceptors (Lipinski definition) is 7. The SMILES string of the molecule is CCOc1nn(Cc2ccc(OC)cc2)c2ncc(-c3ccc(CC(=O)Nc4cc(C(C)(C)C(F)(F)F)on4)cc3)cc12. The smallest absolute Gasteiger partial charge is 0.401 e. The maximum absolute atomic E-state index is 13.3. The third-order valence-electron chi connectivity index (χ3n) is 7.08. The highest BCUT2D eigenvalue weighted by molar-refractivity contribution is 5.91. The third kappa shape index (κ3) is 6.32. The molecule has 0 atom stereocenters. The predicted octanol–water partition coefficient (Wildman–Crippen LogP) is 6.56. The van der Waals surface area contributed by atoms with Gasteiger partial charge in [-0.2, -0.15) is 13.2 Å². The van der Waals surface area contributed by atoms with Crippen molar-refractivity contribution in [2.45, 2.75) is 45.3 Å². The highest BCUT2D eigenvalue weighted by Gasteiger charge is 2.51. The number of carbonyl (C=O) groups is 1. The topological polar surface area (TPSA) is 104 Å². The van der Waals surface area contributed by atoms with Crippen molar-refractivity contribution in [1.82, 2.24) is 19.9 Å². The number of nitrogens with zero attached hydrogens (tertiary/aromatic N) is 4. The number of methoxy groups -OCH3 is 1. The number of pyridine rings is 1. The van der Waals surface area contributed by atoms with E-state index in [0.29, 0.717) is 30.2 Å². The molecule has 0 bridgehead atoms. The van der Waals surface area contributed by atoms with Gasteiger partial charge in [0.1, 0.15) is 11.2 Å². The summed E-state index contributed by atoms with van der Waals surface area (Å²) in [5, 5.41) is 11.5. The zero-order valence-electron chi connectivity index (χ0n) is 24.0. The number of rotatable bonds is 10. The molecule has 3 heterocycles. The van der Waals surface area contributed by atoms with Crippen molar-refractivity contribution in [2.24, 2.45) is 0 Å². The van der Waals surface area contributed by atoms with Gasteiger partial charge in [-0.25, -0.2) is 9.67 Å². The molecular weight excluding hydrogens is 563 g/mol. The van der Waals surface area contributed by atoms with Crippen LogP contribution in [0.1, 0.15) is 37.7 Å². The molecule has 12 heteroatoms. The van der Waals surface area contributed by atoms with E-state index in [1.54, 1.807) is 30.1 Å². The Bertz CT molecular complexity index is 1730. The molecule has 43 heavy (non-hydrogen) atoms. The largest absolute Gasteiger partial charge is 0.497 e. The molecule has 1 amide bonds. The van der Waals surface area contributed by atoms with Gasteiger partial charge in [-0.3, -0.25) is 4.79 Å². The predicted molar refractivity (Wildman–Crippen MR) is 154 cm³/mol. The number of anilines is 1. The first-order valence-electron chi connectivity index (χ1n) is 13.5. The summed E-state index contributed by atoms with van der Waals surface area (Å²) in [6.07, 6.45) is -2.77. The Hall–Kier alpha value is -4.87. The van der Waals surface area contributed by atoms with Crippen LogP contribution < -0.4 is 14.8 Å². The van der Waals surface area contributed by atoms with Crippen LogP contribution in [-0.4, -0.2) is 45.7 Å². The van der Waals surface area contributed by atoms with Crippen molar-refractivity contribution in [3.63, 3.8) is 0 Å². The summed E-state index contributed by atoms with van der Waals surface area (Å²) in [5.74, 6) is 0.361. The van der Waals surface area contributed by atoms with Crippen LogP contribution in [0.2, 0.25) is 0 Å². The molecule has 3 aromatic heterocycles. The minimum Gasteiger partial charge on any atom is -0.497 e. The van der Waals surface area contributed by atoms with Crippen molar-refractivity contribution in [3.05, 3.63) is 83.7 Å². The zero-order chi connectivity index (χ0) is 30.8. The first kappa shape index (κ1) is 29.6. The van der Waals surface area contributed by atoms with E-state index >= 15 is 0 Å². The summed E-state index contributed by atoms with van der Waals surface area (Å²) in [7, 11) is 1.62. The highest BCUT2D eigenvalue weighted by Crippen LogP contribution is 2.41. The molecule has 1 N–H and O–H groups in total. The Morgan fingerprint density at radius 3 is 2.35 bits per heavy atom. The first-order valence-corrected chi connectivity index (χ1v) is 13.5. The fourth-order valence-corrected chi connectivity index (χ4v) is 4.40. The fraction of sp³-hybridized carbons (Fsp3) is 0.290. The van der Waals surface area contributed by atoms with E-state index in [1.165, 1.54) is 0 Å². The number of aromatic nitrogens is 4. The summed E-state index contributed by atoms with van der Waals surface area (Å²) in [4.78, 5) is 17.2. The molecule has 5 aromatic rings. The van der Waals surface area contributed by atoms with E-state index in [4.69, 9.17) is 14.0 Å². The number of benzene rings is 2. The van der Waals surface area contributed by atoms with E-state index in [1.807, 2.05) is 49.4 Å². The number of halogens is 3. The Labute approximate surface area is 245 Å². The molecule has 9 nitrogen and oxygen atoms in total. The van der Waals surface area contributed by atoms with E-state index in [0.717, 1.165) is 47.7 Å². The molecule has 0 unspecified atom stereocenters. The Morgan fingerprint density at radius 1 is 1.00 bits per heavy atom. The monoisotopic (exact) mass is 593 g/mol. The van der Waals surface area contributed by atoms with Gasteiger partial charge in [0, 0.05) is 17.8 Å². The minimum absolute atomic E-state index is 0.00492. The van der Waals surface area contributed by atoms with Crippen LogP contribution in [0.5, 0.6) is 11.6 Å². The molecule has 2 aromatic carbocycles. The number of alkyl halides is 3. The zero-order valence-corrected chi connectivity index (χ0v) is 24.0. The van der Waals surface area contributed by atoms with Crippen LogP contribution in [0.4, 0.5) is 19.0 Å². The molecule has 0 spiro atoms. The van der Waals surface area contributed by atoms with Crippen LogP contribution in [0.25, 0.3) is 22.2 Å². The lowest BCUT2D eigenvalue weighted by Gasteiger charge is -2.24. The molecular formula is C31H30F3N5O4.